The molecule has 3 fully saturated rings. The quantitative estimate of drug-likeness (QED) is 0.744. The van der Waals surface area contributed by atoms with Crippen molar-refractivity contribution >= 4 is 17.8 Å². The number of urea groups is 1. The first-order valence-electron chi connectivity index (χ1n) is 6.85. The van der Waals surface area contributed by atoms with Gasteiger partial charge in [0.25, 0.3) is 0 Å². The summed E-state index contributed by atoms with van der Waals surface area (Å²) in [5.74, 6) is -0.723. The SMILES string of the molecule is CC(CN1C(=O)NC(=O)C2(CC2)C1=O)N(C)C1CC1. The monoisotopic (exact) mass is 265 g/mol. The van der Waals surface area contributed by atoms with E-state index in [1.807, 2.05) is 14.0 Å². The Balaban J connectivity index is 1.70. The van der Waals surface area contributed by atoms with Crippen LogP contribution in [0.3, 0.4) is 0 Å². The molecule has 1 unspecified atom stereocenters. The lowest BCUT2D eigenvalue weighted by Gasteiger charge is -2.34. The lowest BCUT2D eigenvalue weighted by molar-refractivity contribution is -0.145. The summed E-state index contributed by atoms with van der Waals surface area (Å²) in [6.45, 7) is 2.36. The van der Waals surface area contributed by atoms with Crippen molar-refractivity contribution in [3.05, 3.63) is 0 Å². The van der Waals surface area contributed by atoms with Gasteiger partial charge in [0, 0.05) is 18.6 Å². The number of carbonyl (C=O) groups is 3. The minimum absolute atomic E-state index is 0.117. The van der Waals surface area contributed by atoms with Crippen LogP contribution in [0.15, 0.2) is 0 Å². The smallest absolute Gasteiger partial charge is 0.299 e. The highest BCUT2D eigenvalue weighted by Crippen LogP contribution is 2.49. The Kier molecular flexibility index (Phi) is 2.67. The number of nitrogens with one attached hydrogen (secondary N) is 1. The summed E-state index contributed by atoms with van der Waals surface area (Å²) < 4.78 is 0. The van der Waals surface area contributed by atoms with Crippen LogP contribution in [0, 0.1) is 5.41 Å². The van der Waals surface area contributed by atoms with Crippen LogP contribution in [-0.4, -0.2) is 53.3 Å². The van der Waals surface area contributed by atoms with Crippen LogP contribution in [0.1, 0.15) is 32.6 Å². The van der Waals surface area contributed by atoms with Gasteiger partial charge in [-0.25, -0.2) is 4.79 Å². The molecule has 104 valence electrons. The van der Waals surface area contributed by atoms with Crippen LogP contribution in [0.25, 0.3) is 0 Å². The number of amides is 4. The first-order chi connectivity index (χ1) is 8.95. The second-order valence-electron chi connectivity index (χ2n) is 6.00. The summed E-state index contributed by atoms with van der Waals surface area (Å²) in [6, 6.07) is 0.129. The molecule has 1 aliphatic heterocycles. The van der Waals surface area contributed by atoms with Crippen LogP contribution in [0.2, 0.25) is 0 Å². The number of likely N-dealkylation sites (N-methyl/N-ethyl adjacent to an activating group) is 1. The van der Waals surface area contributed by atoms with E-state index >= 15 is 0 Å². The van der Waals surface area contributed by atoms with Gasteiger partial charge in [-0.3, -0.25) is 24.7 Å². The van der Waals surface area contributed by atoms with Crippen molar-refractivity contribution in [1.82, 2.24) is 15.1 Å². The number of rotatable bonds is 4. The maximum atomic E-state index is 12.3. The molecule has 0 aromatic rings. The van der Waals surface area contributed by atoms with Gasteiger partial charge in [-0.05, 0) is 39.7 Å². The molecule has 0 radical (unpaired) electrons. The van der Waals surface area contributed by atoms with Crippen molar-refractivity contribution in [2.45, 2.75) is 44.7 Å². The van der Waals surface area contributed by atoms with E-state index in [9.17, 15) is 14.4 Å². The van der Waals surface area contributed by atoms with Gasteiger partial charge >= 0.3 is 6.03 Å². The third-order valence-corrected chi connectivity index (χ3v) is 4.57. The summed E-state index contributed by atoms with van der Waals surface area (Å²) in [6.07, 6.45) is 3.50. The van der Waals surface area contributed by atoms with Crippen molar-refractivity contribution in [3.8, 4) is 0 Å². The molecule has 1 atom stereocenters. The Bertz CT molecular complexity index is 454. The maximum Gasteiger partial charge on any atom is 0.330 e. The van der Waals surface area contributed by atoms with Crippen molar-refractivity contribution in [2.75, 3.05) is 13.6 Å². The third-order valence-electron chi connectivity index (χ3n) is 4.57. The molecule has 1 heterocycles. The van der Waals surface area contributed by atoms with Gasteiger partial charge in [-0.2, -0.15) is 0 Å². The number of barbiturate groups is 1. The average molecular weight is 265 g/mol. The number of hydrogen-bond donors (Lipinski definition) is 1. The summed E-state index contributed by atoms with van der Waals surface area (Å²) in [5.41, 5.74) is -0.925. The Hall–Kier alpha value is -1.43. The second-order valence-corrected chi connectivity index (χ2v) is 6.00. The van der Waals surface area contributed by atoms with Gasteiger partial charge in [0.05, 0.1) is 0 Å². The van der Waals surface area contributed by atoms with Gasteiger partial charge in [-0.15, -0.1) is 0 Å². The molecule has 1 spiro atoms. The molecule has 0 aromatic heterocycles. The summed E-state index contributed by atoms with van der Waals surface area (Å²) >= 11 is 0. The van der Waals surface area contributed by atoms with E-state index in [4.69, 9.17) is 0 Å². The minimum atomic E-state index is -0.925. The fourth-order valence-corrected chi connectivity index (χ4v) is 2.70. The number of carbonyl (C=O) groups excluding carboxylic acids is 3. The van der Waals surface area contributed by atoms with E-state index in [1.54, 1.807) is 0 Å². The lowest BCUT2D eigenvalue weighted by atomic mass is 10.0. The molecule has 6 nitrogen and oxygen atoms in total. The van der Waals surface area contributed by atoms with Gasteiger partial charge in [-0.1, -0.05) is 0 Å². The van der Waals surface area contributed by atoms with Gasteiger partial charge in [0.15, 0.2) is 0 Å². The molecule has 1 N–H and O–H groups in total. The number of nitrogens with zero attached hydrogens (tertiary/aromatic N) is 2. The predicted octanol–water partition coefficient (Wildman–Crippen LogP) is 0.328. The van der Waals surface area contributed by atoms with Crippen molar-refractivity contribution in [3.63, 3.8) is 0 Å². The van der Waals surface area contributed by atoms with Crippen LogP contribution in [0.4, 0.5) is 4.79 Å². The van der Waals surface area contributed by atoms with Gasteiger partial charge in [0.1, 0.15) is 5.41 Å². The molecular weight excluding hydrogens is 246 g/mol. The number of imide groups is 2. The molecule has 1 saturated heterocycles. The first-order valence-corrected chi connectivity index (χ1v) is 6.85. The van der Waals surface area contributed by atoms with Crippen LogP contribution < -0.4 is 5.32 Å². The largest absolute Gasteiger partial charge is 0.330 e. The molecule has 0 bridgehead atoms. The zero-order chi connectivity index (χ0) is 13.8. The van der Waals surface area contributed by atoms with Gasteiger partial charge < -0.3 is 0 Å². The molecule has 2 aliphatic carbocycles. The first kappa shape index (κ1) is 12.6. The molecule has 6 heteroatoms. The van der Waals surface area contributed by atoms with E-state index < -0.39 is 17.4 Å². The van der Waals surface area contributed by atoms with Crippen LogP contribution >= 0.6 is 0 Å². The van der Waals surface area contributed by atoms with Gasteiger partial charge in [0.2, 0.25) is 11.8 Å². The van der Waals surface area contributed by atoms with E-state index in [1.165, 1.54) is 17.7 Å². The summed E-state index contributed by atoms with van der Waals surface area (Å²) in [5, 5.41) is 2.31. The third kappa shape index (κ3) is 1.94. The highest BCUT2D eigenvalue weighted by atomic mass is 16.2. The Labute approximate surface area is 112 Å². The zero-order valence-electron chi connectivity index (χ0n) is 11.3. The summed E-state index contributed by atoms with van der Waals surface area (Å²) in [4.78, 5) is 39.2. The molecule has 3 rings (SSSR count). The summed E-state index contributed by atoms with van der Waals surface area (Å²) in [7, 11) is 2.02. The number of hydrogen-bond acceptors (Lipinski definition) is 4. The molecule has 2 saturated carbocycles. The Morgan fingerprint density at radius 2 is 2.00 bits per heavy atom. The molecule has 0 aromatic carbocycles. The molecule has 19 heavy (non-hydrogen) atoms. The average Bonchev–Trinajstić information content (AvgIpc) is 3.25. The van der Waals surface area contributed by atoms with Crippen LogP contribution in [0.5, 0.6) is 0 Å². The zero-order valence-corrected chi connectivity index (χ0v) is 11.3. The van der Waals surface area contributed by atoms with Crippen LogP contribution in [-0.2, 0) is 9.59 Å². The van der Waals surface area contributed by atoms with Crippen molar-refractivity contribution in [1.29, 1.82) is 0 Å². The van der Waals surface area contributed by atoms with E-state index in [2.05, 4.69) is 10.2 Å². The second kappa shape index (κ2) is 4.03. The topological polar surface area (TPSA) is 69.7 Å². The highest BCUT2D eigenvalue weighted by Gasteiger charge is 2.62. The molecule has 4 amide bonds. The standard InChI is InChI=1S/C13H19N3O3/c1-8(15(2)9-3-4-9)7-16-11(18)13(5-6-13)10(17)14-12(16)19/h8-9H,3-7H2,1-2H3,(H,14,17,19). The highest BCUT2D eigenvalue weighted by molar-refractivity contribution is 6.20. The fraction of sp³-hybridized carbons (Fsp3) is 0.769. The van der Waals surface area contributed by atoms with E-state index in [0.29, 0.717) is 25.4 Å². The minimum Gasteiger partial charge on any atom is -0.299 e. The van der Waals surface area contributed by atoms with Crippen molar-refractivity contribution < 1.29 is 14.4 Å². The molecular formula is C13H19N3O3. The van der Waals surface area contributed by atoms with Crippen molar-refractivity contribution in [2.24, 2.45) is 5.41 Å². The Morgan fingerprint density at radius 3 is 2.53 bits per heavy atom. The normalized spacial score (nSPS) is 26.9. The predicted molar refractivity (Wildman–Crippen MR) is 67.2 cm³/mol. The fourth-order valence-electron chi connectivity index (χ4n) is 2.70. The molecule has 3 aliphatic rings. The maximum absolute atomic E-state index is 12.3. The van der Waals surface area contributed by atoms with E-state index in [0.717, 1.165) is 0 Å². The Morgan fingerprint density at radius 1 is 1.37 bits per heavy atom. The van der Waals surface area contributed by atoms with E-state index in [-0.39, 0.29) is 11.9 Å². The lowest BCUT2D eigenvalue weighted by Crippen LogP contribution is -2.61.